The lowest BCUT2D eigenvalue weighted by Crippen LogP contribution is -2.15. The zero-order chi connectivity index (χ0) is 22.2. The average molecular weight is 466 g/mol. The number of rotatable bonds is 5. The number of halogens is 3. The van der Waals surface area contributed by atoms with Gasteiger partial charge in [0, 0.05) is 33.2 Å². The van der Waals surface area contributed by atoms with E-state index in [1.54, 1.807) is 24.5 Å². The quantitative estimate of drug-likeness (QED) is 0.302. The summed E-state index contributed by atoms with van der Waals surface area (Å²) in [5.74, 6) is -0.497. The molecule has 0 saturated carbocycles. The Labute approximate surface area is 193 Å². The summed E-state index contributed by atoms with van der Waals surface area (Å²) in [4.78, 5) is 7.88. The highest BCUT2D eigenvalue weighted by molar-refractivity contribution is 6.31. The fourth-order valence-electron chi connectivity index (χ4n) is 4.02. The van der Waals surface area contributed by atoms with E-state index >= 15 is 0 Å². The number of nitrogens with one attached hydrogen (secondary N) is 1. The Morgan fingerprint density at radius 3 is 2.50 bits per heavy atom. The number of nitrogens with zero attached hydrogens (tertiary/aromatic N) is 2. The normalized spacial score (nSPS) is 12.4. The topological polar surface area (TPSA) is 53.8 Å². The largest absolute Gasteiger partial charge is 0.394 e. The summed E-state index contributed by atoms with van der Waals surface area (Å²) >= 11 is 12.1. The molecule has 7 heteroatoms. The summed E-state index contributed by atoms with van der Waals surface area (Å²) in [7, 11) is 0. The third kappa shape index (κ3) is 3.58. The molecule has 5 aromatic rings. The van der Waals surface area contributed by atoms with Crippen LogP contribution in [0.4, 0.5) is 4.39 Å². The van der Waals surface area contributed by atoms with Crippen LogP contribution in [-0.4, -0.2) is 26.2 Å². The lowest BCUT2D eigenvalue weighted by molar-refractivity contribution is 0.250. The Kier molecular flexibility index (Phi) is 5.47. The predicted octanol–water partition coefficient (Wildman–Crippen LogP) is 6.73. The molecule has 0 bridgehead atoms. The van der Waals surface area contributed by atoms with Crippen LogP contribution in [0.25, 0.3) is 33.4 Å². The molecule has 2 heterocycles. The number of aliphatic hydroxyl groups excluding tert-OH is 1. The van der Waals surface area contributed by atoms with Crippen LogP contribution < -0.4 is 0 Å². The molecule has 0 fully saturated rings. The number of hydrogen-bond donors (Lipinski definition) is 2. The molecule has 0 amide bonds. The number of aromatic nitrogens is 3. The smallest absolute Gasteiger partial charge is 0.142 e. The van der Waals surface area contributed by atoms with E-state index in [1.807, 2.05) is 53.2 Å². The summed E-state index contributed by atoms with van der Waals surface area (Å²) in [6, 6.07) is 19.7. The average Bonchev–Trinajstić information content (AvgIpc) is 3.40. The molecule has 3 aromatic carbocycles. The Bertz CT molecular complexity index is 1390. The molecule has 160 valence electrons. The molecular weight excluding hydrogens is 448 g/mol. The van der Waals surface area contributed by atoms with Gasteiger partial charge in [-0.15, -0.1) is 0 Å². The van der Waals surface area contributed by atoms with Crippen LogP contribution in [0.2, 0.25) is 10.0 Å². The zero-order valence-electron chi connectivity index (χ0n) is 16.8. The monoisotopic (exact) mass is 465 g/mol. The summed E-state index contributed by atoms with van der Waals surface area (Å²) in [5, 5.41) is 11.7. The van der Waals surface area contributed by atoms with Gasteiger partial charge in [-0.2, -0.15) is 0 Å². The molecule has 0 aliphatic rings. The van der Waals surface area contributed by atoms with Crippen molar-refractivity contribution in [1.29, 1.82) is 0 Å². The minimum absolute atomic E-state index is 0.0529. The first-order valence-electron chi connectivity index (χ1n) is 10.0. The van der Waals surface area contributed by atoms with Gasteiger partial charge in [0.1, 0.15) is 5.82 Å². The third-order valence-corrected chi connectivity index (χ3v) is 6.12. The fourth-order valence-corrected chi connectivity index (χ4v) is 4.31. The van der Waals surface area contributed by atoms with Crippen LogP contribution in [0.3, 0.4) is 0 Å². The molecule has 32 heavy (non-hydrogen) atoms. The molecular formula is C25H18Cl2FN3O. The maximum atomic E-state index is 14.4. The number of benzene rings is 3. The molecule has 4 nitrogen and oxygen atoms in total. The van der Waals surface area contributed by atoms with Crippen LogP contribution in [0.15, 0.2) is 79.3 Å². The van der Waals surface area contributed by atoms with Gasteiger partial charge in [-0.05, 0) is 29.8 Å². The Balaban J connectivity index is 1.77. The molecule has 0 aliphatic heterocycles. The van der Waals surface area contributed by atoms with Crippen molar-refractivity contribution in [2.24, 2.45) is 0 Å². The third-order valence-electron chi connectivity index (χ3n) is 5.58. The van der Waals surface area contributed by atoms with Gasteiger partial charge in [0.05, 0.1) is 35.4 Å². The summed E-state index contributed by atoms with van der Waals surface area (Å²) in [5.41, 5.74) is 4.76. The molecule has 2 aromatic heterocycles. The van der Waals surface area contributed by atoms with Crippen LogP contribution in [-0.2, 0) is 0 Å². The maximum absolute atomic E-state index is 14.4. The summed E-state index contributed by atoms with van der Waals surface area (Å²) < 4.78 is 16.3. The van der Waals surface area contributed by atoms with Crippen molar-refractivity contribution in [3.63, 3.8) is 0 Å². The highest BCUT2D eigenvalue weighted by Crippen LogP contribution is 2.39. The Morgan fingerprint density at radius 1 is 1.03 bits per heavy atom. The first kappa shape index (κ1) is 20.8. The molecule has 2 N–H and O–H groups in total. The van der Waals surface area contributed by atoms with Gasteiger partial charge in [0.25, 0.3) is 0 Å². The molecule has 0 unspecified atom stereocenters. The van der Waals surface area contributed by atoms with Crippen molar-refractivity contribution in [3.05, 3.63) is 101 Å². The SMILES string of the molecule is OC[C@H](c1ccc(Cl)cc1)n1cnc(-c2ccccc2)c1-c1c[nH]c2cc(Cl)c(F)cc12. The van der Waals surface area contributed by atoms with Crippen LogP contribution in [0.1, 0.15) is 11.6 Å². The minimum Gasteiger partial charge on any atom is -0.394 e. The van der Waals surface area contributed by atoms with E-state index in [9.17, 15) is 9.50 Å². The van der Waals surface area contributed by atoms with Crippen molar-refractivity contribution < 1.29 is 9.50 Å². The zero-order valence-corrected chi connectivity index (χ0v) is 18.3. The van der Waals surface area contributed by atoms with Gasteiger partial charge in [-0.25, -0.2) is 9.37 Å². The summed E-state index contributed by atoms with van der Waals surface area (Å²) in [6.45, 7) is -0.151. The van der Waals surface area contributed by atoms with Crippen LogP contribution >= 0.6 is 23.2 Å². The molecule has 0 radical (unpaired) electrons. The lowest BCUT2D eigenvalue weighted by Gasteiger charge is -2.20. The van der Waals surface area contributed by atoms with Crippen LogP contribution in [0.5, 0.6) is 0 Å². The van der Waals surface area contributed by atoms with E-state index in [0.717, 1.165) is 28.1 Å². The van der Waals surface area contributed by atoms with Crippen molar-refractivity contribution in [1.82, 2.24) is 14.5 Å². The first-order chi connectivity index (χ1) is 15.6. The summed E-state index contributed by atoms with van der Waals surface area (Å²) in [6.07, 6.45) is 3.52. The highest BCUT2D eigenvalue weighted by Gasteiger charge is 2.24. The van der Waals surface area contributed by atoms with E-state index in [-0.39, 0.29) is 11.6 Å². The molecule has 1 atom stereocenters. The molecule has 0 saturated heterocycles. The number of imidazole rings is 1. The Hall–Kier alpha value is -3.12. The van der Waals surface area contributed by atoms with E-state index in [0.29, 0.717) is 15.9 Å². The van der Waals surface area contributed by atoms with E-state index in [1.165, 1.54) is 6.07 Å². The molecule has 0 aliphatic carbocycles. The van der Waals surface area contributed by atoms with Gasteiger partial charge in [-0.1, -0.05) is 65.7 Å². The Morgan fingerprint density at radius 2 is 1.78 bits per heavy atom. The van der Waals surface area contributed by atoms with E-state index in [2.05, 4.69) is 4.98 Å². The van der Waals surface area contributed by atoms with Crippen LogP contribution in [0, 0.1) is 5.82 Å². The van der Waals surface area contributed by atoms with Gasteiger partial charge >= 0.3 is 0 Å². The second kappa shape index (κ2) is 8.43. The van der Waals surface area contributed by atoms with Crippen molar-refractivity contribution in [2.75, 3.05) is 6.61 Å². The second-order valence-electron chi connectivity index (χ2n) is 7.48. The number of fused-ring (bicyclic) bond motifs is 1. The van der Waals surface area contributed by atoms with Gasteiger partial charge in [0.2, 0.25) is 0 Å². The first-order valence-corrected chi connectivity index (χ1v) is 10.8. The van der Waals surface area contributed by atoms with Crippen molar-refractivity contribution in [3.8, 4) is 22.5 Å². The standard InChI is InChI=1S/C25H18Cl2FN3O/c26-17-8-6-15(7-9-17)23(13-32)31-14-30-24(16-4-2-1-3-5-16)25(31)19-12-29-22-11-20(27)21(28)10-18(19)22/h1-12,14,23,29,32H,13H2/t23-/m1/s1. The van der Waals surface area contributed by atoms with E-state index < -0.39 is 11.9 Å². The second-order valence-corrected chi connectivity index (χ2v) is 8.32. The molecule has 0 spiro atoms. The van der Waals surface area contributed by atoms with Crippen molar-refractivity contribution >= 4 is 34.1 Å². The molecule has 5 rings (SSSR count). The number of H-pyrrole nitrogens is 1. The number of hydrogen-bond acceptors (Lipinski definition) is 2. The fraction of sp³-hybridized carbons (Fsp3) is 0.0800. The van der Waals surface area contributed by atoms with Crippen molar-refractivity contribution in [2.45, 2.75) is 6.04 Å². The van der Waals surface area contributed by atoms with Gasteiger partial charge in [0.15, 0.2) is 0 Å². The maximum Gasteiger partial charge on any atom is 0.142 e. The van der Waals surface area contributed by atoms with Gasteiger partial charge in [-0.3, -0.25) is 0 Å². The van der Waals surface area contributed by atoms with Gasteiger partial charge < -0.3 is 14.7 Å². The minimum atomic E-state index is -0.497. The highest BCUT2D eigenvalue weighted by atomic mass is 35.5. The number of aliphatic hydroxyl groups is 1. The van der Waals surface area contributed by atoms with E-state index in [4.69, 9.17) is 28.2 Å². The predicted molar refractivity (Wildman–Crippen MR) is 127 cm³/mol. The lowest BCUT2D eigenvalue weighted by atomic mass is 10.0. The number of aromatic amines is 1.